The van der Waals surface area contributed by atoms with E-state index in [0.29, 0.717) is 31.2 Å². The molecule has 28 heavy (non-hydrogen) atoms. The van der Waals surface area contributed by atoms with Gasteiger partial charge in [-0.25, -0.2) is 8.42 Å². The minimum absolute atomic E-state index is 0. The van der Waals surface area contributed by atoms with Crippen LogP contribution < -0.4 is 5.32 Å². The van der Waals surface area contributed by atoms with Crippen molar-refractivity contribution in [2.24, 2.45) is 16.3 Å². The maximum atomic E-state index is 12.9. The topological polar surface area (TPSA) is 71.0 Å². The Bertz CT molecular complexity index is 703. The predicted molar refractivity (Wildman–Crippen MR) is 123 cm³/mol. The van der Waals surface area contributed by atoms with Crippen molar-refractivity contribution in [3.05, 3.63) is 0 Å². The molecule has 4 aliphatic rings. The van der Waals surface area contributed by atoms with Crippen LogP contribution in [-0.4, -0.2) is 68.7 Å². The molecule has 3 unspecified atom stereocenters. The number of guanidine groups is 1. The normalized spacial score (nSPS) is 36.0. The van der Waals surface area contributed by atoms with Crippen LogP contribution in [0.4, 0.5) is 0 Å². The first-order valence-electron chi connectivity index (χ1n) is 10.6. The molecule has 1 spiro atoms. The van der Waals surface area contributed by atoms with Gasteiger partial charge in [0.1, 0.15) is 0 Å². The molecule has 6 nitrogen and oxygen atoms in total. The van der Waals surface area contributed by atoms with E-state index in [0.717, 1.165) is 51.1 Å². The molecule has 0 radical (unpaired) electrons. The van der Waals surface area contributed by atoms with Gasteiger partial charge in [0.15, 0.2) is 15.8 Å². The lowest BCUT2D eigenvalue weighted by molar-refractivity contribution is -0.188. The van der Waals surface area contributed by atoms with Gasteiger partial charge < -0.3 is 15.0 Å². The Morgan fingerprint density at radius 1 is 1.18 bits per heavy atom. The second-order valence-corrected chi connectivity index (χ2v) is 12.1. The van der Waals surface area contributed by atoms with Gasteiger partial charge in [-0.2, -0.15) is 0 Å². The standard InChI is InChI=1S/C20H35N3O3S.HI/c1-19(2)16(15-8-7-12-26-17(15)19)22-18(21-3)23-11-13-27(24,25)20(14-23)9-5-4-6-10-20;/h15-17H,4-14H2,1-3H3,(H,21,22);1H. The first kappa shape index (κ1) is 22.6. The number of nitrogens with one attached hydrogen (secondary N) is 1. The number of sulfone groups is 1. The molecule has 2 saturated carbocycles. The van der Waals surface area contributed by atoms with Crippen LogP contribution in [0, 0.1) is 11.3 Å². The molecule has 0 aromatic carbocycles. The summed E-state index contributed by atoms with van der Waals surface area (Å²) < 4.78 is 31.2. The zero-order valence-electron chi connectivity index (χ0n) is 17.4. The number of halogens is 1. The van der Waals surface area contributed by atoms with E-state index in [1.54, 1.807) is 0 Å². The van der Waals surface area contributed by atoms with Gasteiger partial charge in [-0.15, -0.1) is 24.0 Å². The van der Waals surface area contributed by atoms with Crippen molar-refractivity contribution < 1.29 is 13.2 Å². The number of hydrogen-bond acceptors (Lipinski definition) is 4. The van der Waals surface area contributed by atoms with E-state index in [9.17, 15) is 8.42 Å². The van der Waals surface area contributed by atoms with Crippen LogP contribution in [0.3, 0.4) is 0 Å². The van der Waals surface area contributed by atoms with Crippen LogP contribution >= 0.6 is 24.0 Å². The fourth-order valence-corrected chi connectivity index (χ4v) is 8.23. The Hall–Kier alpha value is -0.0900. The minimum atomic E-state index is -3.03. The quantitative estimate of drug-likeness (QED) is 0.324. The van der Waals surface area contributed by atoms with E-state index in [1.165, 1.54) is 6.42 Å². The zero-order chi connectivity index (χ0) is 19.3. The van der Waals surface area contributed by atoms with Crippen molar-refractivity contribution in [3.8, 4) is 0 Å². The lowest BCUT2D eigenvalue weighted by Gasteiger charge is -2.60. The summed E-state index contributed by atoms with van der Waals surface area (Å²) in [5.41, 5.74) is 0.0748. The Morgan fingerprint density at radius 2 is 1.89 bits per heavy atom. The average molecular weight is 525 g/mol. The van der Waals surface area contributed by atoms with E-state index in [1.807, 2.05) is 7.05 Å². The third kappa shape index (κ3) is 3.59. The van der Waals surface area contributed by atoms with Gasteiger partial charge in [-0.1, -0.05) is 33.1 Å². The molecule has 2 saturated heterocycles. The maximum absolute atomic E-state index is 12.9. The van der Waals surface area contributed by atoms with Crippen molar-refractivity contribution in [1.29, 1.82) is 0 Å². The molecule has 8 heteroatoms. The van der Waals surface area contributed by atoms with Crippen LogP contribution in [-0.2, 0) is 14.6 Å². The Labute approximate surface area is 187 Å². The van der Waals surface area contributed by atoms with Crippen LogP contribution in [0.25, 0.3) is 0 Å². The molecule has 0 amide bonds. The molecule has 162 valence electrons. The largest absolute Gasteiger partial charge is 0.377 e. The van der Waals surface area contributed by atoms with Crippen molar-refractivity contribution in [3.63, 3.8) is 0 Å². The molecule has 2 aliphatic heterocycles. The van der Waals surface area contributed by atoms with Gasteiger partial charge in [0.25, 0.3) is 0 Å². The summed E-state index contributed by atoms with van der Waals surface area (Å²) in [5, 5.41) is 3.71. The summed E-state index contributed by atoms with van der Waals surface area (Å²) in [6.45, 7) is 6.55. The molecule has 4 rings (SSSR count). The van der Waals surface area contributed by atoms with Gasteiger partial charge in [-0.05, 0) is 25.7 Å². The van der Waals surface area contributed by atoms with Crippen LogP contribution in [0.5, 0.6) is 0 Å². The summed E-state index contributed by atoms with van der Waals surface area (Å²) in [4.78, 5) is 6.77. The van der Waals surface area contributed by atoms with Crippen LogP contribution in [0.15, 0.2) is 4.99 Å². The average Bonchev–Trinajstić information content (AvgIpc) is 2.66. The molecule has 3 atom stereocenters. The highest BCUT2D eigenvalue weighted by atomic mass is 127. The second kappa shape index (κ2) is 8.21. The number of fused-ring (bicyclic) bond motifs is 1. The lowest BCUT2D eigenvalue weighted by Crippen LogP contribution is -2.72. The first-order valence-corrected chi connectivity index (χ1v) is 12.3. The summed E-state index contributed by atoms with van der Waals surface area (Å²) in [6, 6.07) is 0.335. The van der Waals surface area contributed by atoms with Crippen molar-refractivity contribution in [2.75, 3.05) is 32.5 Å². The van der Waals surface area contributed by atoms with Crippen molar-refractivity contribution >= 4 is 39.8 Å². The molecule has 2 heterocycles. The number of aliphatic imine (C=N–C) groups is 1. The third-order valence-electron chi connectivity index (χ3n) is 7.66. The monoisotopic (exact) mass is 525 g/mol. The van der Waals surface area contributed by atoms with E-state index in [2.05, 4.69) is 29.1 Å². The summed E-state index contributed by atoms with van der Waals surface area (Å²) in [7, 11) is -1.21. The van der Waals surface area contributed by atoms with Crippen molar-refractivity contribution in [1.82, 2.24) is 10.2 Å². The van der Waals surface area contributed by atoms with Gasteiger partial charge in [0.2, 0.25) is 0 Å². The predicted octanol–water partition coefficient (Wildman–Crippen LogP) is 2.82. The third-order valence-corrected chi connectivity index (χ3v) is 10.2. The SMILES string of the molecule is CN=C(NC1C2CCCOC2C1(C)C)N1CCS(=O)(=O)C2(CCCCC2)C1.I. The van der Waals surface area contributed by atoms with Gasteiger partial charge in [-0.3, -0.25) is 4.99 Å². The van der Waals surface area contributed by atoms with Gasteiger partial charge in [0, 0.05) is 44.1 Å². The van der Waals surface area contributed by atoms with E-state index < -0.39 is 14.6 Å². The lowest BCUT2D eigenvalue weighted by atomic mass is 9.55. The Kier molecular flexibility index (Phi) is 6.62. The van der Waals surface area contributed by atoms with Crippen LogP contribution in [0.1, 0.15) is 58.8 Å². The van der Waals surface area contributed by atoms with E-state index in [4.69, 9.17) is 4.74 Å². The first-order chi connectivity index (χ1) is 12.8. The molecular weight excluding hydrogens is 489 g/mol. The summed E-state index contributed by atoms with van der Waals surface area (Å²) in [5.74, 6) is 1.65. The number of hydrogen-bond donors (Lipinski definition) is 1. The number of ether oxygens (including phenoxy) is 1. The van der Waals surface area contributed by atoms with Gasteiger partial charge in [0.05, 0.1) is 16.6 Å². The highest BCUT2D eigenvalue weighted by Gasteiger charge is 2.58. The summed E-state index contributed by atoms with van der Waals surface area (Å²) >= 11 is 0. The molecule has 0 aromatic rings. The second-order valence-electron chi connectivity index (χ2n) is 9.57. The van der Waals surface area contributed by atoms with E-state index >= 15 is 0 Å². The molecule has 1 N–H and O–H groups in total. The fraction of sp³-hybridized carbons (Fsp3) is 0.950. The smallest absolute Gasteiger partial charge is 0.193 e. The zero-order valence-corrected chi connectivity index (χ0v) is 20.6. The van der Waals surface area contributed by atoms with E-state index in [-0.39, 0.29) is 35.1 Å². The summed E-state index contributed by atoms with van der Waals surface area (Å²) in [6.07, 6.45) is 7.45. The maximum Gasteiger partial charge on any atom is 0.193 e. The van der Waals surface area contributed by atoms with Crippen molar-refractivity contribution in [2.45, 2.75) is 75.7 Å². The fourth-order valence-electron chi connectivity index (χ4n) is 6.07. The van der Waals surface area contributed by atoms with Gasteiger partial charge >= 0.3 is 0 Å². The van der Waals surface area contributed by atoms with Crippen LogP contribution in [0.2, 0.25) is 0 Å². The molecule has 0 aromatic heterocycles. The highest BCUT2D eigenvalue weighted by Crippen LogP contribution is 2.51. The molecular formula is C20H36IN3O3S. The molecule has 4 fully saturated rings. The molecule has 0 bridgehead atoms. The molecule has 2 aliphatic carbocycles. The number of rotatable bonds is 1. The minimum Gasteiger partial charge on any atom is -0.377 e. The Balaban J connectivity index is 0.00000225. The highest BCUT2D eigenvalue weighted by molar-refractivity contribution is 14.0. The number of nitrogens with zero attached hydrogens (tertiary/aromatic N) is 2. The Morgan fingerprint density at radius 3 is 2.57 bits per heavy atom.